The van der Waals surface area contributed by atoms with Crippen LogP contribution >= 0.6 is 11.6 Å². The van der Waals surface area contributed by atoms with Crippen LogP contribution in [0.1, 0.15) is 11.1 Å². The van der Waals surface area contributed by atoms with Crippen LogP contribution in [0.4, 0.5) is 10.2 Å². The largest absolute Gasteiger partial charge is 0.363 e. The number of hydrogen-bond donors (Lipinski definition) is 1. The van der Waals surface area contributed by atoms with Crippen molar-refractivity contribution in [3.8, 4) is 6.01 Å². The minimum Gasteiger partial charge on any atom is -0.363 e. The molecule has 3 aromatic rings. The van der Waals surface area contributed by atoms with Gasteiger partial charge in [0.25, 0.3) is 0 Å². The SMILES string of the molecule is Fc1cnc(O/N=C/c2ccc(Cl)cc2)nc1NCc1ccccc1. The lowest BCUT2D eigenvalue weighted by atomic mass is 10.2. The Morgan fingerprint density at radius 1 is 1.12 bits per heavy atom. The highest BCUT2D eigenvalue weighted by molar-refractivity contribution is 6.30. The molecular formula is C18H14ClFN4O. The summed E-state index contributed by atoms with van der Waals surface area (Å²) in [6, 6.07) is 16.6. The predicted molar refractivity (Wildman–Crippen MR) is 95.4 cm³/mol. The molecular weight excluding hydrogens is 343 g/mol. The first kappa shape index (κ1) is 16.9. The maximum atomic E-state index is 13.8. The third-order valence-electron chi connectivity index (χ3n) is 3.23. The van der Waals surface area contributed by atoms with Crippen molar-refractivity contribution in [2.75, 3.05) is 5.32 Å². The maximum absolute atomic E-state index is 13.8. The number of anilines is 1. The number of rotatable bonds is 6. The van der Waals surface area contributed by atoms with E-state index in [0.29, 0.717) is 11.6 Å². The Morgan fingerprint density at radius 2 is 1.88 bits per heavy atom. The lowest BCUT2D eigenvalue weighted by molar-refractivity contribution is 0.314. The van der Waals surface area contributed by atoms with E-state index in [0.717, 1.165) is 17.3 Å². The van der Waals surface area contributed by atoms with Gasteiger partial charge >= 0.3 is 6.01 Å². The van der Waals surface area contributed by atoms with Gasteiger partial charge in [0.15, 0.2) is 11.6 Å². The first-order valence-corrected chi connectivity index (χ1v) is 7.85. The van der Waals surface area contributed by atoms with Gasteiger partial charge in [-0.2, -0.15) is 9.97 Å². The quantitative estimate of drug-likeness (QED) is 0.528. The molecule has 0 spiro atoms. The molecule has 5 nitrogen and oxygen atoms in total. The van der Waals surface area contributed by atoms with E-state index < -0.39 is 5.82 Å². The van der Waals surface area contributed by atoms with Crippen molar-refractivity contribution in [1.29, 1.82) is 0 Å². The topological polar surface area (TPSA) is 59.4 Å². The summed E-state index contributed by atoms with van der Waals surface area (Å²) in [5, 5.41) is 7.33. The Kier molecular flexibility index (Phi) is 5.53. The second-order valence-electron chi connectivity index (χ2n) is 5.07. The first-order chi connectivity index (χ1) is 12.2. The van der Waals surface area contributed by atoms with Crippen molar-refractivity contribution in [2.24, 2.45) is 5.16 Å². The van der Waals surface area contributed by atoms with Gasteiger partial charge in [-0.15, -0.1) is 0 Å². The van der Waals surface area contributed by atoms with Gasteiger partial charge < -0.3 is 10.2 Å². The summed E-state index contributed by atoms with van der Waals surface area (Å²) in [5.41, 5.74) is 1.80. The number of benzene rings is 2. The standard InChI is InChI=1S/C18H14ClFN4O/c19-15-8-6-14(7-9-15)11-23-25-18-22-12-16(20)17(24-18)21-10-13-4-2-1-3-5-13/h1-9,11-12H,10H2,(H,21,22,24)/b23-11+. The Bertz CT molecular complexity index is 857. The summed E-state index contributed by atoms with van der Waals surface area (Å²) in [6.07, 6.45) is 2.52. The van der Waals surface area contributed by atoms with Crippen molar-refractivity contribution in [1.82, 2.24) is 9.97 Å². The van der Waals surface area contributed by atoms with Gasteiger partial charge in [-0.1, -0.05) is 59.2 Å². The molecule has 0 aliphatic rings. The molecule has 0 fully saturated rings. The number of oxime groups is 1. The number of hydrogen-bond acceptors (Lipinski definition) is 5. The molecule has 2 aromatic carbocycles. The highest BCUT2D eigenvalue weighted by Crippen LogP contribution is 2.15. The third kappa shape index (κ3) is 4.99. The molecule has 1 heterocycles. The van der Waals surface area contributed by atoms with Crippen LogP contribution in [0.5, 0.6) is 6.01 Å². The number of nitrogens with zero attached hydrogens (tertiary/aromatic N) is 3. The van der Waals surface area contributed by atoms with Gasteiger partial charge in [0.2, 0.25) is 0 Å². The molecule has 7 heteroatoms. The predicted octanol–water partition coefficient (Wildman–Crippen LogP) is 4.29. The summed E-state index contributed by atoms with van der Waals surface area (Å²) < 4.78 is 13.8. The Hall–Kier alpha value is -2.99. The van der Waals surface area contributed by atoms with Gasteiger partial charge in [0.05, 0.1) is 12.4 Å². The van der Waals surface area contributed by atoms with E-state index in [-0.39, 0.29) is 11.8 Å². The normalized spacial score (nSPS) is 10.8. The van der Waals surface area contributed by atoms with Crippen LogP contribution in [0.15, 0.2) is 65.9 Å². The lowest BCUT2D eigenvalue weighted by Gasteiger charge is -2.07. The Balaban J connectivity index is 1.63. The molecule has 25 heavy (non-hydrogen) atoms. The summed E-state index contributed by atoms with van der Waals surface area (Å²) in [7, 11) is 0. The molecule has 0 aliphatic carbocycles. The van der Waals surface area contributed by atoms with Crippen LogP contribution in [-0.2, 0) is 6.54 Å². The van der Waals surface area contributed by atoms with E-state index >= 15 is 0 Å². The zero-order valence-corrected chi connectivity index (χ0v) is 13.8. The highest BCUT2D eigenvalue weighted by Gasteiger charge is 2.07. The molecule has 126 valence electrons. The zero-order chi connectivity index (χ0) is 17.5. The van der Waals surface area contributed by atoms with E-state index in [1.807, 2.05) is 30.3 Å². The van der Waals surface area contributed by atoms with Crippen LogP contribution < -0.4 is 10.2 Å². The first-order valence-electron chi connectivity index (χ1n) is 7.47. The smallest absolute Gasteiger partial charge is 0.347 e. The third-order valence-corrected chi connectivity index (χ3v) is 3.48. The van der Waals surface area contributed by atoms with Gasteiger partial charge in [0.1, 0.15) is 0 Å². The zero-order valence-electron chi connectivity index (χ0n) is 13.1. The summed E-state index contributed by atoms with van der Waals surface area (Å²) >= 11 is 5.81. The number of aromatic nitrogens is 2. The number of halogens is 2. The molecule has 3 rings (SSSR count). The van der Waals surface area contributed by atoms with Crippen molar-refractivity contribution < 1.29 is 9.23 Å². The van der Waals surface area contributed by atoms with Crippen LogP contribution in [0, 0.1) is 5.82 Å². The minimum atomic E-state index is -0.565. The second kappa shape index (κ2) is 8.21. The summed E-state index contributed by atoms with van der Waals surface area (Å²) in [6.45, 7) is 0.433. The van der Waals surface area contributed by atoms with Crippen molar-refractivity contribution in [3.05, 3.63) is 82.8 Å². The molecule has 0 radical (unpaired) electrons. The van der Waals surface area contributed by atoms with Crippen LogP contribution in [0.25, 0.3) is 0 Å². The molecule has 1 aromatic heterocycles. The van der Waals surface area contributed by atoms with E-state index in [1.165, 1.54) is 6.21 Å². The fraction of sp³-hybridized carbons (Fsp3) is 0.0556. The molecule has 0 atom stereocenters. The molecule has 0 amide bonds. The molecule has 0 bridgehead atoms. The average molecular weight is 357 g/mol. The molecule has 0 unspecified atom stereocenters. The monoisotopic (exact) mass is 356 g/mol. The van der Waals surface area contributed by atoms with Crippen molar-refractivity contribution >= 4 is 23.6 Å². The van der Waals surface area contributed by atoms with Crippen LogP contribution in [-0.4, -0.2) is 16.2 Å². The number of nitrogens with one attached hydrogen (secondary N) is 1. The van der Waals surface area contributed by atoms with E-state index in [1.54, 1.807) is 24.3 Å². The van der Waals surface area contributed by atoms with Gasteiger partial charge in [-0.05, 0) is 23.3 Å². The molecule has 0 aliphatic heterocycles. The maximum Gasteiger partial charge on any atom is 0.347 e. The minimum absolute atomic E-state index is 0.0514. The summed E-state index contributed by atoms with van der Waals surface area (Å²) in [5.74, 6) is -0.513. The lowest BCUT2D eigenvalue weighted by Crippen LogP contribution is -2.05. The molecule has 1 N–H and O–H groups in total. The van der Waals surface area contributed by atoms with Crippen molar-refractivity contribution in [2.45, 2.75) is 6.54 Å². The van der Waals surface area contributed by atoms with Crippen LogP contribution in [0.3, 0.4) is 0 Å². The molecule has 0 saturated heterocycles. The second-order valence-corrected chi connectivity index (χ2v) is 5.50. The van der Waals surface area contributed by atoms with E-state index in [2.05, 4.69) is 20.4 Å². The Labute approximate surface area is 149 Å². The van der Waals surface area contributed by atoms with Crippen molar-refractivity contribution in [3.63, 3.8) is 0 Å². The van der Waals surface area contributed by atoms with Gasteiger partial charge in [-0.3, -0.25) is 0 Å². The van der Waals surface area contributed by atoms with E-state index in [4.69, 9.17) is 16.4 Å². The van der Waals surface area contributed by atoms with Crippen LogP contribution in [0.2, 0.25) is 5.02 Å². The van der Waals surface area contributed by atoms with Gasteiger partial charge in [0, 0.05) is 11.6 Å². The Morgan fingerprint density at radius 3 is 2.64 bits per heavy atom. The average Bonchev–Trinajstić information content (AvgIpc) is 2.64. The highest BCUT2D eigenvalue weighted by atomic mass is 35.5. The fourth-order valence-electron chi connectivity index (χ4n) is 1.98. The fourth-order valence-corrected chi connectivity index (χ4v) is 2.11. The molecule has 0 saturated carbocycles. The van der Waals surface area contributed by atoms with E-state index in [9.17, 15) is 4.39 Å². The van der Waals surface area contributed by atoms with Gasteiger partial charge in [-0.25, -0.2) is 4.39 Å². The summed E-state index contributed by atoms with van der Waals surface area (Å²) in [4.78, 5) is 12.8.